The van der Waals surface area contributed by atoms with E-state index in [1.54, 1.807) is 0 Å². The maximum Gasteiger partial charge on any atom is 0.0390 e. The Kier molecular flexibility index (Phi) is 20.2. The first-order valence-corrected chi connectivity index (χ1v) is 20.0. The second kappa shape index (κ2) is 25.4. The third-order valence-corrected chi connectivity index (χ3v) is 9.24. The lowest BCUT2D eigenvalue weighted by molar-refractivity contribution is 0.709. The van der Waals surface area contributed by atoms with Crippen LogP contribution in [0.15, 0.2) is 194 Å². The van der Waals surface area contributed by atoms with E-state index in [1.165, 1.54) is 39.8 Å². The molecule has 0 bridgehead atoms. The smallest absolute Gasteiger partial charge is 0.0390 e. The minimum Gasteiger partial charge on any atom is -0.356 e. The number of anilines is 2. The molecule has 0 fully saturated rings. The predicted octanol–water partition coefficient (Wildman–Crippen LogP) is 16.3. The summed E-state index contributed by atoms with van der Waals surface area (Å²) in [5, 5.41) is 3.47. The summed E-state index contributed by atoms with van der Waals surface area (Å²) in [6.45, 7) is 21.1. The molecule has 1 N–H and O–H groups in total. The van der Waals surface area contributed by atoms with Crippen molar-refractivity contribution in [1.29, 1.82) is 0 Å². The van der Waals surface area contributed by atoms with Crippen LogP contribution in [0.1, 0.15) is 101 Å². The summed E-state index contributed by atoms with van der Waals surface area (Å²) < 4.78 is 0. The van der Waals surface area contributed by atoms with Gasteiger partial charge in [0.05, 0.1) is 0 Å². The number of hydrogen-bond donors (Lipinski definition) is 1. The van der Waals surface area contributed by atoms with E-state index in [0.29, 0.717) is 5.92 Å². The van der Waals surface area contributed by atoms with Gasteiger partial charge >= 0.3 is 0 Å². The normalized spacial score (nSPS) is 12.0. The summed E-state index contributed by atoms with van der Waals surface area (Å²) in [5.41, 5.74) is 13.5. The molecule has 1 heteroatoms. The molecule has 0 saturated heterocycles. The molecule has 0 amide bonds. The van der Waals surface area contributed by atoms with Gasteiger partial charge in [0.25, 0.3) is 0 Å². The molecular weight excluding hydrogens is 663 g/mol. The number of rotatable bonds is 15. The average Bonchev–Trinajstić information content (AvgIpc) is 3.22. The van der Waals surface area contributed by atoms with Crippen molar-refractivity contribution in [1.82, 2.24) is 0 Å². The summed E-state index contributed by atoms with van der Waals surface area (Å²) in [6.07, 6.45) is 19.0. The molecule has 0 aromatic heterocycles. The molecule has 1 unspecified atom stereocenters. The van der Waals surface area contributed by atoms with E-state index in [2.05, 4.69) is 186 Å². The zero-order valence-electron chi connectivity index (χ0n) is 34.3. The molecule has 5 aromatic rings. The van der Waals surface area contributed by atoms with Gasteiger partial charge in [-0.2, -0.15) is 0 Å². The second-order valence-electron chi connectivity index (χ2n) is 13.6. The van der Waals surface area contributed by atoms with E-state index < -0.39 is 0 Å². The van der Waals surface area contributed by atoms with Crippen LogP contribution < -0.4 is 5.32 Å². The average molecular weight is 726 g/mol. The maximum absolute atomic E-state index is 4.36. The first-order valence-electron chi connectivity index (χ1n) is 20.0. The number of allylic oxidation sites excluding steroid dienone is 9. The van der Waals surface area contributed by atoms with Crippen LogP contribution in [0.4, 0.5) is 11.4 Å². The molecule has 0 saturated carbocycles. The van der Waals surface area contributed by atoms with Crippen LogP contribution in [-0.2, 0) is 6.42 Å². The Labute approximate surface area is 334 Å². The Morgan fingerprint density at radius 2 is 1.25 bits per heavy atom. The fourth-order valence-electron chi connectivity index (χ4n) is 6.27. The number of benzene rings is 5. The fourth-order valence-corrected chi connectivity index (χ4v) is 6.27. The molecule has 1 atom stereocenters. The van der Waals surface area contributed by atoms with Crippen molar-refractivity contribution in [3.05, 3.63) is 222 Å². The number of para-hydroxylation sites is 1. The zero-order chi connectivity index (χ0) is 39.7. The molecule has 55 heavy (non-hydrogen) atoms. The van der Waals surface area contributed by atoms with Crippen molar-refractivity contribution in [2.45, 2.75) is 79.6 Å². The molecule has 0 aliphatic carbocycles. The molecule has 0 radical (unpaired) electrons. The summed E-state index contributed by atoms with van der Waals surface area (Å²) >= 11 is 0. The third-order valence-electron chi connectivity index (χ3n) is 9.24. The number of nitrogens with one attached hydrogen (secondary N) is 1. The fraction of sp³-hybridized carbons (Fsp3) is 0.222. The van der Waals surface area contributed by atoms with Gasteiger partial charge in [0.2, 0.25) is 0 Å². The van der Waals surface area contributed by atoms with Crippen LogP contribution >= 0.6 is 0 Å². The largest absolute Gasteiger partial charge is 0.356 e. The Balaban J connectivity index is 0.000000327. The van der Waals surface area contributed by atoms with Crippen molar-refractivity contribution in [3.8, 4) is 0 Å². The van der Waals surface area contributed by atoms with E-state index in [9.17, 15) is 0 Å². The van der Waals surface area contributed by atoms with Crippen LogP contribution in [-0.4, -0.2) is 0 Å². The van der Waals surface area contributed by atoms with E-state index in [1.807, 2.05) is 50.2 Å². The van der Waals surface area contributed by atoms with Crippen LogP contribution in [0.25, 0.3) is 17.2 Å². The van der Waals surface area contributed by atoms with Crippen molar-refractivity contribution < 1.29 is 0 Å². The van der Waals surface area contributed by atoms with E-state index >= 15 is 0 Å². The SMILES string of the molecule is C/C=C\c1ccccc1CC.C=C(C)c1ccccc1.C=C(\C=C/C(=C\C)C(=C/C(CCC)c1ccccc1)/CCC)c1cccc(Nc2ccccc2)c1. The van der Waals surface area contributed by atoms with Gasteiger partial charge in [0.15, 0.2) is 0 Å². The molecule has 0 heterocycles. The van der Waals surface area contributed by atoms with E-state index in [0.717, 1.165) is 53.8 Å². The zero-order valence-corrected chi connectivity index (χ0v) is 34.3. The van der Waals surface area contributed by atoms with Gasteiger partial charge < -0.3 is 5.32 Å². The van der Waals surface area contributed by atoms with Gasteiger partial charge in [-0.3, -0.25) is 0 Å². The van der Waals surface area contributed by atoms with Gasteiger partial charge in [-0.15, -0.1) is 0 Å². The monoisotopic (exact) mass is 725 g/mol. The quantitative estimate of drug-likeness (QED) is 0.106. The molecular formula is C54H63N. The third kappa shape index (κ3) is 15.7. The minimum atomic E-state index is 0.440. The Morgan fingerprint density at radius 3 is 1.84 bits per heavy atom. The van der Waals surface area contributed by atoms with Crippen molar-refractivity contribution in [2.75, 3.05) is 5.32 Å². The molecule has 5 rings (SSSR count). The Morgan fingerprint density at radius 1 is 0.655 bits per heavy atom. The highest BCUT2D eigenvalue weighted by Gasteiger charge is 2.11. The van der Waals surface area contributed by atoms with Crippen LogP contribution in [0.3, 0.4) is 0 Å². The molecule has 284 valence electrons. The van der Waals surface area contributed by atoms with E-state index in [-0.39, 0.29) is 0 Å². The first-order chi connectivity index (χ1) is 26.8. The van der Waals surface area contributed by atoms with Gasteiger partial charge in [-0.1, -0.05) is 204 Å². The van der Waals surface area contributed by atoms with E-state index in [4.69, 9.17) is 0 Å². The number of aryl methyl sites for hydroxylation is 1. The van der Waals surface area contributed by atoms with Crippen molar-refractivity contribution >= 4 is 28.6 Å². The lowest BCUT2D eigenvalue weighted by Gasteiger charge is -2.16. The Hall–Kier alpha value is -5.66. The summed E-state index contributed by atoms with van der Waals surface area (Å²) in [7, 11) is 0. The molecule has 0 spiro atoms. The standard InChI is InChI=1S/C34H39N.C11H14.C9H10/c1-5-15-31(25-32(16-6-2)29-17-10-8-11-18-29)28(7-3)24-23-27(4)30-19-14-22-34(26-30)35-33-20-12-9-13-21-33;1-3-7-11-9-6-5-8-10(11)4-2;1-8(2)9-6-4-3-5-7-9/h7-14,17-26,32,35H,4-6,15-16H2,1-3H3;3,5-9H,4H2,1-2H3;3-7H,1H2,2H3/b24-23-,28-7+,31-25+;7-3-;. The number of hydrogen-bond acceptors (Lipinski definition) is 1. The van der Waals surface area contributed by atoms with Crippen molar-refractivity contribution in [3.63, 3.8) is 0 Å². The van der Waals surface area contributed by atoms with Crippen molar-refractivity contribution in [2.24, 2.45) is 0 Å². The molecule has 1 nitrogen and oxygen atoms in total. The van der Waals surface area contributed by atoms with Crippen LogP contribution in [0, 0.1) is 0 Å². The lowest BCUT2D eigenvalue weighted by atomic mass is 9.88. The minimum absolute atomic E-state index is 0.440. The van der Waals surface area contributed by atoms with Crippen LogP contribution in [0.5, 0.6) is 0 Å². The highest BCUT2D eigenvalue weighted by Crippen LogP contribution is 2.29. The Bertz CT molecular complexity index is 1970. The van der Waals surface area contributed by atoms with Crippen LogP contribution in [0.2, 0.25) is 0 Å². The molecule has 0 aliphatic rings. The highest BCUT2D eigenvalue weighted by molar-refractivity contribution is 5.76. The summed E-state index contributed by atoms with van der Waals surface area (Å²) in [6, 6.07) is 48.2. The maximum atomic E-state index is 4.36. The summed E-state index contributed by atoms with van der Waals surface area (Å²) in [5.74, 6) is 0.440. The second-order valence-corrected chi connectivity index (χ2v) is 13.6. The first kappa shape index (κ1) is 43.7. The predicted molar refractivity (Wildman–Crippen MR) is 247 cm³/mol. The van der Waals surface area contributed by atoms with Gasteiger partial charge in [-0.05, 0) is 109 Å². The van der Waals surface area contributed by atoms with Gasteiger partial charge in [-0.25, -0.2) is 0 Å². The van der Waals surface area contributed by atoms with Gasteiger partial charge in [0, 0.05) is 17.3 Å². The topological polar surface area (TPSA) is 12.0 Å². The molecule has 0 aliphatic heterocycles. The van der Waals surface area contributed by atoms with Gasteiger partial charge in [0.1, 0.15) is 0 Å². The lowest BCUT2D eigenvalue weighted by Crippen LogP contribution is -1.98. The molecule has 5 aromatic carbocycles. The summed E-state index contributed by atoms with van der Waals surface area (Å²) in [4.78, 5) is 0. The highest BCUT2D eigenvalue weighted by atomic mass is 14.9.